The van der Waals surface area contributed by atoms with Gasteiger partial charge in [-0.05, 0) is 46.5 Å². The number of rotatable bonds is 2. The van der Waals surface area contributed by atoms with E-state index in [0.717, 1.165) is 0 Å². The van der Waals surface area contributed by atoms with Crippen LogP contribution in [0.1, 0.15) is 59.3 Å². The Labute approximate surface area is 142 Å². The van der Waals surface area contributed by atoms with Gasteiger partial charge in [0.1, 0.15) is 5.60 Å². The lowest BCUT2D eigenvalue weighted by Gasteiger charge is -2.53. The first-order valence-electron chi connectivity index (χ1n) is 8.61. The number of hydrogen-bond donors (Lipinski definition) is 2. The maximum atomic E-state index is 13.5. The molecule has 2 rings (SSSR count). The fourth-order valence-corrected chi connectivity index (χ4v) is 3.78. The summed E-state index contributed by atoms with van der Waals surface area (Å²) in [6.45, 7) is 5.63. The minimum atomic E-state index is -2.72. The van der Waals surface area contributed by atoms with Gasteiger partial charge < -0.3 is 19.8 Å². The molecule has 1 heterocycles. The molecule has 0 unspecified atom stereocenters. The van der Waals surface area contributed by atoms with E-state index in [0.29, 0.717) is 13.1 Å². The largest absolute Gasteiger partial charge is 0.444 e. The molecule has 2 fully saturated rings. The van der Waals surface area contributed by atoms with E-state index in [9.17, 15) is 23.8 Å². The highest BCUT2D eigenvalue weighted by molar-refractivity contribution is 5.68. The van der Waals surface area contributed by atoms with Crippen LogP contribution in [0.3, 0.4) is 0 Å². The van der Waals surface area contributed by atoms with E-state index in [-0.39, 0.29) is 45.1 Å². The summed E-state index contributed by atoms with van der Waals surface area (Å²) < 4.78 is 32.3. The summed E-state index contributed by atoms with van der Waals surface area (Å²) >= 11 is 0. The molecule has 1 saturated heterocycles. The Morgan fingerprint density at radius 2 is 1.58 bits per heavy atom. The van der Waals surface area contributed by atoms with Crippen molar-refractivity contribution >= 4 is 6.09 Å². The van der Waals surface area contributed by atoms with Crippen LogP contribution < -0.4 is 0 Å². The van der Waals surface area contributed by atoms with Crippen molar-refractivity contribution in [3.8, 4) is 0 Å². The fourth-order valence-electron chi connectivity index (χ4n) is 3.78. The monoisotopic (exact) mass is 349 g/mol. The van der Waals surface area contributed by atoms with Gasteiger partial charge in [0.2, 0.25) is 5.92 Å². The fraction of sp³-hybridized carbons (Fsp3) is 0.941. The third-order valence-corrected chi connectivity index (χ3v) is 5.47. The van der Waals surface area contributed by atoms with Crippen molar-refractivity contribution in [1.29, 1.82) is 0 Å². The van der Waals surface area contributed by atoms with Crippen LogP contribution in [0.4, 0.5) is 13.6 Å². The lowest BCUT2D eigenvalue weighted by atomic mass is 9.60. The molecule has 0 atom stereocenters. The van der Waals surface area contributed by atoms with Gasteiger partial charge in [-0.3, -0.25) is 0 Å². The molecule has 0 bridgehead atoms. The molecule has 0 aromatic carbocycles. The summed E-state index contributed by atoms with van der Waals surface area (Å²) in [4.78, 5) is 13.6. The third kappa shape index (κ3) is 3.99. The van der Waals surface area contributed by atoms with Crippen LogP contribution in [0, 0.1) is 5.41 Å². The van der Waals surface area contributed by atoms with Gasteiger partial charge in [-0.25, -0.2) is 13.6 Å². The lowest BCUT2D eigenvalue weighted by Crippen LogP contribution is -2.59. The van der Waals surface area contributed by atoms with Crippen LogP contribution in [0.15, 0.2) is 0 Å². The molecule has 1 aliphatic heterocycles. The molecule has 7 heteroatoms. The van der Waals surface area contributed by atoms with Gasteiger partial charge >= 0.3 is 6.09 Å². The van der Waals surface area contributed by atoms with Crippen LogP contribution in [-0.4, -0.2) is 58.0 Å². The van der Waals surface area contributed by atoms with Gasteiger partial charge in [-0.15, -0.1) is 0 Å². The highest BCUT2D eigenvalue weighted by atomic mass is 19.3. The maximum absolute atomic E-state index is 13.5. The second kappa shape index (κ2) is 6.41. The molecule has 24 heavy (non-hydrogen) atoms. The SMILES string of the molecule is CC(C)(C)OC(=O)N1CCC(O)(C2(CO)CCC(F)(F)CC2)CC1. The number of amides is 1. The van der Waals surface area contributed by atoms with E-state index < -0.39 is 28.6 Å². The average molecular weight is 349 g/mol. The van der Waals surface area contributed by atoms with Crippen molar-refractivity contribution in [2.75, 3.05) is 19.7 Å². The van der Waals surface area contributed by atoms with E-state index in [1.54, 1.807) is 20.8 Å². The topological polar surface area (TPSA) is 70.0 Å². The van der Waals surface area contributed by atoms with Crippen molar-refractivity contribution in [3.63, 3.8) is 0 Å². The second-order valence-corrected chi connectivity index (χ2v) is 8.29. The quantitative estimate of drug-likeness (QED) is 0.804. The number of ether oxygens (including phenoxy) is 1. The standard InChI is InChI=1S/C17H29F2NO4/c1-14(2,3)24-13(22)20-10-8-16(23,9-11-20)15(12-21)4-6-17(18,19)7-5-15/h21,23H,4-12H2,1-3H3. The molecule has 2 aliphatic rings. The molecule has 0 aromatic rings. The predicted octanol–water partition coefficient (Wildman–Crippen LogP) is 2.94. The van der Waals surface area contributed by atoms with Gasteiger partial charge in [0.15, 0.2) is 0 Å². The first-order chi connectivity index (χ1) is 10.9. The van der Waals surface area contributed by atoms with E-state index in [2.05, 4.69) is 0 Å². The Bertz CT molecular complexity index is 458. The van der Waals surface area contributed by atoms with Crippen molar-refractivity contribution in [2.24, 2.45) is 5.41 Å². The van der Waals surface area contributed by atoms with Gasteiger partial charge in [-0.1, -0.05) is 0 Å². The Balaban J connectivity index is 2.02. The molecule has 1 amide bonds. The van der Waals surface area contributed by atoms with E-state index in [4.69, 9.17) is 4.74 Å². The van der Waals surface area contributed by atoms with Gasteiger partial charge in [-0.2, -0.15) is 0 Å². The molecule has 0 spiro atoms. The average Bonchev–Trinajstić information content (AvgIpc) is 2.46. The normalized spacial score (nSPS) is 26.0. The van der Waals surface area contributed by atoms with Crippen LogP contribution in [0.25, 0.3) is 0 Å². The molecule has 1 saturated carbocycles. The highest BCUT2D eigenvalue weighted by Crippen LogP contribution is 2.52. The second-order valence-electron chi connectivity index (χ2n) is 8.29. The lowest BCUT2D eigenvalue weighted by molar-refractivity contribution is -0.181. The number of hydrogen-bond acceptors (Lipinski definition) is 4. The number of aliphatic hydroxyl groups excluding tert-OH is 1. The maximum Gasteiger partial charge on any atom is 0.410 e. The third-order valence-electron chi connectivity index (χ3n) is 5.47. The summed E-state index contributed by atoms with van der Waals surface area (Å²) in [6.07, 6.45) is -0.342. The number of alkyl halides is 2. The smallest absolute Gasteiger partial charge is 0.410 e. The first-order valence-corrected chi connectivity index (χ1v) is 8.61. The van der Waals surface area contributed by atoms with Crippen molar-refractivity contribution in [3.05, 3.63) is 0 Å². The summed E-state index contributed by atoms with van der Waals surface area (Å²) in [7, 11) is 0. The summed E-state index contributed by atoms with van der Waals surface area (Å²) in [5.41, 5.74) is -2.72. The zero-order valence-electron chi connectivity index (χ0n) is 14.8. The zero-order valence-corrected chi connectivity index (χ0v) is 14.8. The van der Waals surface area contributed by atoms with Crippen LogP contribution >= 0.6 is 0 Å². The summed E-state index contributed by atoms with van der Waals surface area (Å²) in [5.74, 6) is -2.72. The minimum Gasteiger partial charge on any atom is -0.444 e. The predicted molar refractivity (Wildman–Crippen MR) is 84.9 cm³/mol. The van der Waals surface area contributed by atoms with E-state index in [1.165, 1.54) is 4.90 Å². The molecule has 2 N–H and O–H groups in total. The first kappa shape index (κ1) is 19.4. The van der Waals surface area contributed by atoms with Crippen molar-refractivity contribution in [1.82, 2.24) is 4.90 Å². The minimum absolute atomic E-state index is 0.0967. The zero-order chi connectivity index (χ0) is 18.2. The Kier molecular flexibility index (Phi) is 5.17. The molecule has 1 aliphatic carbocycles. The van der Waals surface area contributed by atoms with Crippen molar-refractivity contribution in [2.45, 2.75) is 76.4 Å². The molecular weight excluding hydrogens is 320 g/mol. The summed E-state index contributed by atoms with van der Waals surface area (Å²) in [5, 5.41) is 20.9. The Morgan fingerprint density at radius 1 is 1.08 bits per heavy atom. The highest BCUT2D eigenvalue weighted by Gasteiger charge is 2.55. The van der Waals surface area contributed by atoms with Gasteiger partial charge in [0, 0.05) is 31.3 Å². The number of likely N-dealkylation sites (tertiary alicyclic amines) is 1. The molecule has 5 nitrogen and oxygen atoms in total. The number of aliphatic hydroxyl groups is 2. The number of halogens is 2. The van der Waals surface area contributed by atoms with Gasteiger partial charge in [0.25, 0.3) is 0 Å². The number of carbonyl (C=O) groups is 1. The Hall–Kier alpha value is -0.950. The molecule has 0 radical (unpaired) electrons. The van der Waals surface area contributed by atoms with E-state index in [1.807, 2.05) is 0 Å². The van der Waals surface area contributed by atoms with Crippen LogP contribution in [0.5, 0.6) is 0 Å². The number of carbonyl (C=O) groups excluding carboxylic acids is 1. The van der Waals surface area contributed by atoms with Crippen molar-refractivity contribution < 1.29 is 28.5 Å². The van der Waals surface area contributed by atoms with E-state index >= 15 is 0 Å². The molecule has 0 aromatic heterocycles. The number of nitrogens with zero attached hydrogens (tertiary/aromatic N) is 1. The molecular formula is C17H29F2NO4. The Morgan fingerprint density at radius 3 is 2.00 bits per heavy atom. The summed E-state index contributed by atoms with van der Waals surface area (Å²) in [6, 6.07) is 0. The number of piperidine rings is 1. The molecule has 140 valence electrons. The van der Waals surface area contributed by atoms with Crippen LogP contribution in [0.2, 0.25) is 0 Å². The van der Waals surface area contributed by atoms with Crippen LogP contribution in [-0.2, 0) is 4.74 Å². The van der Waals surface area contributed by atoms with Gasteiger partial charge in [0.05, 0.1) is 12.2 Å².